The Hall–Kier alpha value is -3.85. The van der Waals surface area contributed by atoms with Crippen molar-refractivity contribution in [2.75, 3.05) is 44.7 Å². The summed E-state index contributed by atoms with van der Waals surface area (Å²) in [6, 6.07) is 12.4. The first-order chi connectivity index (χ1) is 20.2. The number of carbonyl (C=O) groups excluding carboxylic acids is 1. The number of piperidine rings is 1. The third kappa shape index (κ3) is 6.78. The molecule has 0 saturated carbocycles. The molecular weight excluding hydrogens is 553 g/mol. The molecule has 4 heterocycles. The van der Waals surface area contributed by atoms with Crippen molar-refractivity contribution in [3.63, 3.8) is 0 Å². The summed E-state index contributed by atoms with van der Waals surface area (Å²) in [7, 11) is 1.93. The predicted molar refractivity (Wildman–Crippen MR) is 161 cm³/mol. The second-order valence-corrected chi connectivity index (χ2v) is 11.9. The molecule has 1 amide bonds. The number of thiazole rings is 1. The van der Waals surface area contributed by atoms with Gasteiger partial charge in [0.05, 0.1) is 19.3 Å². The number of hydrogen-bond acceptors (Lipinski definition) is 8. The molecule has 3 aromatic rings. The summed E-state index contributed by atoms with van der Waals surface area (Å²) in [4.78, 5) is 28.3. The van der Waals surface area contributed by atoms with E-state index in [2.05, 4.69) is 34.4 Å². The molecule has 2 fully saturated rings. The number of nitrogens with zero attached hydrogens (tertiary/aromatic N) is 7. The number of anilines is 1. The Balaban J connectivity index is 1.33. The maximum Gasteiger partial charge on any atom is 0.236 e. The minimum atomic E-state index is -0.379. The van der Waals surface area contributed by atoms with Gasteiger partial charge in [0.2, 0.25) is 5.91 Å². The average molecular weight is 590 g/mol. The molecule has 0 unspecified atom stereocenters. The quantitative estimate of drug-likeness (QED) is 0.406. The minimum absolute atomic E-state index is 0.0890. The lowest BCUT2D eigenvalue weighted by Gasteiger charge is -2.38. The second kappa shape index (κ2) is 13.0. The summed E-state index contributed by atoms with van der Waals surface area (Å²) in [6.45, 7) is 9.52. The molecule has 0 radical (unpaired) electrons. The lowest BCUT2D eigenvalue weighted by atomic mass is 9.90. The minimum Gasteiger partial charge on any atom is -0.389 e. The van der Waals surface area contributed by atoms with E-state index in [1.165, 1.54) is 29.0 Å². The number of hydrogen-bond donors (Lipinski definition) is 1. The maximum absolute atomic E-state index is 13.5. The van der Waals surface area contributed by atoms with Crippen LogP contribution in [0.2, 0.25) is 0 Å². The van der Waals surface area contributed by atoms with Gasteiger partial charge in [-0.2, -0.15) is 5.26 Å². The van der Waals surface area contributed by atoms with Crippen LogP contribution in [-0.2, 0) is 11.5 Å². The number of likely N-dealkylation sites (tertiary alicyclic amines) is 2. The number of benzene rings is 1. The fraction of sp³-hybridized carbons (Fsp3) is 0.419. The van der Waals surface area contributed by atoms with Gasteiger partial charge in [0.1, 0.15) is 27.9 Å². The van der Waals surface area contributed by atoms with Gasteiger partial charge in [-0.05, 0) is 74.2 Å². The Morgan fingerprint density at radius 3 is 2.60 bits per heavy atom. The van der Waals surface area contributed by atoms with Crippen LogP contribution >= 0.6 is 11.3 Å². The predicted octanol–water partition coefficient (Wildman–Crippen LogP) is 3.92. The molecule has 1 N–H and O–H groups in total. The smallest absolute Gasteiger partial charge is 0.236 e. The molecule has 220 valence electrons. The van der Waals surface area contributed by atoms with Crippen LogP contribution in [-0.4, -0.2) is 76.2 Å². The number of halogens is 1. The van der Waals surface area contributed by atoms with Crippen molar-refractivity contribution in [3.05, 3.63) is 76.6 Å². The SMILES string of the molecule is C=C(CC)N=c1ccc(C2CCN(CC(=O)N3CC(O)C3)CC2)cn1CN(C)c1nc(-c2ccc(F)cc2)c(C#N)s1. The van der Waals surface area contributed by atoms with Gasteiger partial charge >= 0.3 is 0 Å². The largest absolute Gasteiger partial charge is 0.389 e. The van der Waals surface area contributed by atoms with Gasteiger partial charge in [0, 0.05) is 37.6 Å². The van der Waals surface area contributed by atoms with E-state index in [4.69, 9.17) is 9.98 Å². The van der Waals surface area contributed by atoms with Crippen LogP contribution in [0.3, 0.4) is 0 Å². The Bertz CT molecular complexity index is 1540. The molecule has 0 atom stereocenters. The number of rotatable bonds is 9. The number of pyridine rings is 1. The monoisotopic (exact) mass is 589 g/mol. The molecule has 1 aromatic carbocycles. The zero-order valence-electron chi connectivity index (χ0n) is 24.0. The molecule has 0 bridgehead atoms. The third-order valence-corrected chi connectivity index (χ3v) is 8.94. The van der Waals surface area contributed by atoms with Gasteiger partial charge in [-0.25, -0.2) is 14.4 Å². The van der Waals surface area contributed by atoms with E-state index in [0.717, 1.165) is 43.5 Å². The van der Waals surface area contributed by atoms with Gasteiger partial charge in [-0.3, -0.25) is 9.69 Å². The number of aromatic nitrogens is 2. The van der Waals surface area contributed by atoms with Crippen LogP contribution < -0.4 is 10.4 Å². The second-order valence-electron chi connectivity index (χ2n) is 11.0. The summed E-state index contributed by atoms with van der Waals surface area (Å²) in [5.41, 5.74) is 4.02. The summed E-state index contributed by atoms with van der Waals surface area (Å²) < 4.78 is 15.6. The van der Waals surface area contributed by atoms with E-state index in [-0.39, 0.29) is 17.8 Å². The first-order valence-electron chi connectivity index (χ1n) is 14.2. The topological polar surface area (TPSA) is 101 Å². The number of aliphatic hydroxyl groups excluding tert-OH is 1. The standard InChI is InChI=1S/C31H36FN7O2S/c1-4-21(2)34-28-10-7-24(22-11-13-37(14-12-22)19-29(41)38-17-26(40)18-38)16-39(28)20-36(3)31-35-30(27(15-33)42-31)23-5-8-25(32)9-6-23/h5-10,16,22,26,40H,2,4,11-14,17-20H2,1,3H3. The fourth-order valence-corrected chi connectivity index (χ4v) is 6.11. The van der Waals surface area contributed by atoms with Crippen LogP contribution in [0.25, 0.3) is 11.3 Å². The van der Waals surface area contributed by atoms with E-state index < -0.39 is 0 Å². The maximum atomic E-state index is 13.5. The van der Waals surface area contributed by atoms with Gasteiger partial charge in [-0.15, -0.1) is 0 Å². The zero-order valence-corrected chi connectivity index (χ0v) is 24.9. The van der Waals surface area contributed by atoms with Crippen molar-refractivity contribution in [1.82, 2.24) is 19.4 Å². The Morgan fingerprint density at radius 1 is 1.24 bits per heavy atom. The molecular formula is C31H36FN7O2S. The molecule has 0 spiro atoms. The van der Waals surface area contributed by atoms with E-state index in [9.17, 15) is 19.6 Å². The molecule has 2 saturated heterocycles. The summed E-state index contributed by atoms with van der Waals surface area (Å²) in [5, 5.41) is 19.9. The molecule has 11 heteroatoms. The fourth-order valence-electron chi connectivity index (χ4n) is 5.27. The van der Waals surface area contributed by atoms with Crippen molar-refractivity contribution in [2.24, 2.45) is 4.99 Å². The highest BCUT2D eigenvalue weighted by Crippen LogP contribution is 2.33. The van der Waals surface area contributed by atoms with Crippen LogP contribution in [0.1, 0.15) is 42.5 Å². The summed E-state index contributed by atoms with van der Waals surface area (Å²) >= 11 is 1.30. The number of carbonyl (C=O) groups is 1. The van der Waals surface area contributed by atoms with E-state index >= 15 is 0 Å². The zero-order chi connectivity index (χ0) is 29.8. The highest BCUT2D eigenvalue weighted by molar-refractivity contribution is 7.16. The molecule has 5 rings (SSSR count). The highest BCUT2D eigenvalue weighted by Gasteiger charge is 2.31. The number of amides is 1. The number of aliphatic hydroxyl groups is 1. The van der Waals surface area contributed by atoms with Crippen LogP contribution in [0.4, 0.5) is 9.52 Å². The molecule has 9 nitrogen and oxygen atoms in total. The van der Waals surface area contributed by atoms with Gasteiger partial charge in [0.25, 0.3) is 0 Å². The summed E-state index contributed by atoms with van der Waals surface area (Å²) in [5.74, 6) is 0.112. The number of β-amino-alcohol motifs (C(OH)–C–C–N with tert-alkyl or cyclic N) is 1. The Kier molecular flexibility index (Phi) is 9.16. The Labute approximate surface area is 249 Å². The lowest BCUT2D eigenvalue weighted by molar-refractivity contribution is -0.142. The lowest BCUT2D eigenvalue weighted by Crippen LogP contribution is -2.56. The van der Waals surface area contributed by atoms with Crippen molar-refractivity contribution in [1.29, 1.82) is 5.26 Å². The van der Waals surface area contributed by atoms with Gasteiger partial charge in [0.15, 0.2) is 5.13 Å². The normalized spacial score (nSPS) is 16.7. The number of allylic oxidation sites excluding steroid dienone is 1. The van der Waals surface area contributed by atoms with Crippen LogP contribution in [0, 0.1) is 17.1 Å². The van der Waals surface area contributed by atoms with Gasteiger partial charge in [-0.1, -0.05) is 30.9 Å². The molecule has 42 heavy (non-hydrogen) atoms. The van der Waals surface area contributed by atoms with Crippen molar-refractivity contribution >= 4 is 22.4 Å². The average Bonchev–Trinajstić information content (AvgIpc) is 3.42. The number of nitriles is 1. The molecule has 2 aliphatic rings. The molecule has 2 aliphatic heterocycles. The van der Waals surface area contributed by atoms with Gasteiger partial charge < -0.3 is 19.5 Å². The first kappa shape index (κ1) is 29.6. The highest BCUT2D eigenvalue weighted by atomic mass is 32.1. The first-order valence-corrected chi connectivity index (χ1v) is 15.0. The third-order valence-electron chi connectivity index (χ3n) is 7.86. The van der Waals surface area contributed by atoms with E-state index in [1.54, 1.807) is 17.0 Å². The van der Waals surface area contributed by atoms with Crippen LogP contribution in [0.5, 0.6) is 0 Å². The van der Waals surface area contributed by atoms with E-state index in [0.29, 0.717) is 53.5 Å². The van der Waals surface area contributed by atoms with Crippen molar-refractivity contribution < 1.29 is 14.3 Å². The molecule has 0 aliphatic carbocycles. The van der Waals surface area contributed by atoms with Crippen molar-refractivity contribution in [3.8, 4) is 17.3 Å². The molecule has 2 aromatic heterocycles. The van der Waals surface area contributed by atoms with E-state index in [1.807, 2.05) is 24.9 Å². The van der Waals surface area contributed by atoms with Crippen molar-refractivity contribution in [2.45, 2.75) is 44.9 Å². The summed E-state index contributed by atoms with van der Waals surface area (Å²) in [6.07, 6.45) is 4.40. The van der Waals surface area contributed by atoms with Crippen LogP contribution in [0.15, 0.2) is 59.9 Å². The Morgan fingerprint density at radius 2 is 1.95 bits per heavy atom.